The van der Waals surface area contributed by atoms with Gasteiger partial charge in [0.25, 0.3) is 5.91 Å². The van der Waals surface area contributed by atoms with Crippen molar-refractivity contribution < 1.29 is 19.2 Å². The molecule has 3 aromatic rings. The number of rotatable bonds is 6. The number of carboxylic acid groups (broad SMARTS) is 1. The Hall–Kier alpha value is -3.35. The standard InChI is InChI=1S/C20H21N3O4/c1-12-10-17(14(3)23(12)18-11-13(2)27-22-18)19(24)21-9-8-15-4-6-16(7-5-15)20(25)26/h4-7,10-11H,8-9H2,1-3H3,(H,21,24)(H,25,26). The van der Waals surface area contributed by atoms with E-state index in [2.05, 4.69) is 10.5 Å². The molecule has 27 heavy (non-hydrogen) atoms. The number of carboxylic acids is 1. The number of aromatic carboxylic acids is 1. The predicted octanol–water partition coefficient (Wildman–Crippen LogP) is 3.06. The summed E-state index contributed by atoms with van der Waals surface area (Å²) in [6, 6.07) is 10.3. The van der Waals surface area contributed by atoms with Crippen molar-refractivity contribution >= 4 is 11.9 Å². The fraction of sp³-hybridized carbons (Fsp3) is 0.250. The lowest BCUT2D eigenvalue weighted by Crippen LogP contribution is -2.26. The number of aromatic nitrogens is 2. The zero-order valence-corrected chi connectivity index (χ0v) is 15.4. The minimum Gasteiger partial charge on any atom is -0.478 e. The highest BCUT2D eigenvalue weighted by molar-refractivity contribution is 5.95. The number of hydrogen-bond acceptors (Lipinski definition) is 4. The van der Waals surface area contributed by atoms with E-state index in [0.29, 0.717) is 30.1 Å². The Morgan fingerprint density at radius 3 is 2.44 bits per heavy atom. The molecule has 0 atom stereocenters. The van der Waals surface area contributed by atoms with Crippen LogP contribution in [-0.2, 0) is 6.42 Å². The second kappa shape index (κ2) is 7.49. The van der Waals surface area contributed by atoms with Crippen molar-refractivity contribution in [2.45, 2.75) is 27.2 Å². The second-order valence-electron chi connectivity index (χ2n) is 6.42. The lowest BCUT2D eigenvalue weighted by molar-refractivity contribution is 0.0696. The molecule has 0 saturated heterocycles. The van der Waals surface area contributed by atoms with Crippen LogP contribution < -0.4 is 5.32 Å². The molecule has 0 radical (unpaired) electrons. The van der Waals surface area contributed by atoms with Gasteiger partial charge in [0.15, 0.2) is 5.82 Å². The maximum atomic E-state index is 12.6. The zero-order valence-electron chi connectivity index (χ0n) is 15.4. The van der Waals surface area contributed by atoms with Gasteiger partial charge in [0, 0.05) is 24.0 Å². The van der Waals surface area contributed by atoms with Gasteiger partial charge >= 0.3 is 5.97 Å². The average molecular weight is 367 g/mol. The van der Waals surface area contributed by atoms with Crippen molar-refractivity contribution in [2.75, 3.05) is 6.54 Å². The number of carbonyl (C=O) groups is 2. The minimum atomic E-state index is -0.951. The molecule has 3 rings (SSSR count). The first-order valence-electron chi connectivity index (χ1n) is 8.60. The first-order chi connectivity index (χ1) is 12.9. The highest BCUT2D eigenvalue weighted by atomic mass is 16.5. The van der Waals surface area contributed by atoms with Crippen LogP contribution in [0.5, 0.6) is 0 Å². The molecule has 0 unspecified atom stereocenters. The summed E-state index contributed by atoms with van der Waals surface area (Å²) in [6.45, 7) is 6.06. The Kier molecular flexibility index (Phi) is 5.12. The third kappa shape index (κ3) is 3.92. The Morgan fingerprint density at radius 1 is 1.15 bits per heavy atom. The summed E-state index contributed by atoms with van der Waals surface area (Å²) in [4.78, 5) is 23.4. The van der Waals surface area contributed by atoms with Gasteiger partial charge in [-0.15, -0.1) is 0 Å². The molecule has 7 heteroatoms. The van der Waals surface area contributed by atoms with E-state index < -0.39 is 5.97 Å². The normalized spacial score (nSPS) is 10.8. The van der Waals surface area contributed by atoms with Crippen molar-refractivity contribution in [3.8, 4) is 5.82 Å². The van der Waals surface area contributed by atoms with E-state index in [0.717, 1.165) is 17.0 Å². The van der Waals surface area contributed by atoms with Crippen molar-refractivity contribution in [2.24, 2.45) is 0 Å². The summed E-state index contributed by atoms with van der Waals surface area (Å²) in [6.07, 6.45) is 0.618. The van der Waals surface area contributed by atoms with E-state index in [1.165, 1.54) is 0 Å². The molecule has 1 aromatic carbocycles. The van der Waals surface area contributed by atoms with Gasteiger partial charge in [0.2, 0.25) is 0 Å². The van der Waals surface area contributed by atoms with Gasteiger partial charge in [-0.3, -0.25) is 9.36 Å². The van der Waals surface area contributed by atoms with Crippen LogP contribution in [0.15, 0.2) is 40.9 Å². The van der Waals surface area contributed by atoms with E-state index in [9.17, 15) is 9.59 Å². The first-order valence-corrected chi connectivity index (χ1v) is 8.60. The molecule has 0 fully saturated rings. The van der Waals surface area contributed by atoms with Crippen LogP contribution >= 0.6 is 0 Å². The molecule has 0 aliphatic heterocycles. The average Bonchev–Trinajstić information content (AvgIpc) is 3.17. The van der Waals surface area contributed by atoms with Crippen molar-refractivity contribution in [1.29, 1.82) is 0 Å². The van der Waals surface area contributed by atoms with Crippen molar-refractivity contribution in [3.63, 3.8) is 0 Å². The van der Waals surface area contributed by atoms with Crippen LogP contribution in [-0.4, -0.2) is 33.3 Å². The summed E-state index contributed by atoms with van der Waals surface area (Å²) in [5.41, 5.74) is 3.50. The molecule has 140 valence electrons. The summed E-state index contributed by atoms with van der Waals surface area (Å²) in [5, 5.41) is 15.8. The third-order valence-corrected chi connectivity index (χ3v) is 4.42. The third-order valence-electron chi connectivity index (χ3n) is 4.42. The van der Waals surface area contributed by atoms with Gasteiger partial charge < -0.3 is 14.9 Å². The van der Waals surface area contributed by atoms with Crippen LogP contribution in [0.1, 0.15) is 43.4 Å². The van der Waals surface area contributed by atoms with Crippen LogP contribution in [0, 0.1) is 20.8 Å². The fourth-order valence-electron chi connectivity index (χ4n) is 3.03. The van der Waals surface area contributed by atoms with Crippen molar-refractivity contribution in [1.82, 2.24) is 15.0 Å². The molecule has 1 amide bonds. The quantitative estimate of drug-likeness (QED) is 0.698. The molecule has 0 spiro atoms. The zero-order chi connectivity index (χ0) is 19.6. The molecule has 0 aliphatic carbocycles. The van der Waals surface area contributed by atoms with E-state index in [1.54, 1.807) is 24.3 Å². The summed E-state index contributed by atoms with van der Waals surface area (Å²) >= 11 is 0. The number of carbonyl (C=O) groups excluding carboxylic acids is 1. The second-order valence-corrected chi connectivity index (χ2v) is 6.42. The molecule has 7 nitrogen and oxygen atoms in total. The molecule has 2 N–H and O–H groups in total. The summed E-state index contributed by atoms with van der Waals surface area (Å²) in [7, 11) is 0. The van der Waals surface area contributed by atoms with Crippen LogP contribution in [0.2, 0.25) is 0 Å². The highest BCUT2D eigenvalue weighted by Crippen LogP contribution is 2.20. The highest BCUT2D eigenvalue weighted by Gasteiger charge is 2.18. The van der Waals surface area contributed by atoms with Crippen LogP contribution in [0.3, 0.4) is 0 Å². The summed E-state index contributed by atoms with van der Waals surface area (Å²) < 4.78 is 7.01. The number of aryl methyl sites for hydroxylation is 2. The number of nitrogens with zero attached hydrogens (tertiary/aromatic N) is 2. The van der Waals surface area contributed by atoms with E-state index in [1.807, 2.05) is 37.5 Å². The molecule has 0 aliphatic rings. The van der Waals surface area contributed by atoms with Gasteiger partial charge in [-0.05, 0) is 51.0 Å². The van der Waals surface area contributed by atoms with Gasteiger partial charge in [0.1, 0.15) is 5.76 Å². The van der Waals surface area contributed by atoms with Gasteiger partial charge in [-0.25, -0.2) is 4.79 Å². The predicted molar refractivity (Wildman–Crippen MR) is 99.5 cm³/mol. The Morgan fingerprint density at radius 2 is 1.85 bits per heavy atom. The van der Waals surface area contributed by atoms with Crippen LogP contribution in [0.4, 0.5) is 0 Å². The molecular weight excluding hydrogens is 346 g/mol. The van der Waals surface area contributed by atoms with Crippen LogP contribution in [0.25, 0.3) is 5.82 Å². The van der Waals surface area contributed by atoms with E-state index in [4.69, 9.17) is 9.63 Å². The molecule has 0 saturated carbocycles. The van der Waals surface area contributed by atoms with Gasteiger partial charge in [0.05, 0.1) is 11.1 Å². The number of amides is 1. The topological polar surface area (TPSA) is 97.4 Å². The molecule has 0 bridgehead atoms. The Balaban J connectivity index is 1.65. The first kappa shape index (κ1) is 18.4. The molecule has 2 heterocycles. The lowest BCUT2D eigenvalue weighted by Gasteiger charge is -2.07. The monoisotopic (exact) mass is 367 g/mol. The van der Waals surface area contributed by atoms with Gasteiger partial charge in [-0.2, -0.15) is 0 Å². The number of hydrogen-bond donors (Lipinski definition) is 2. The van der Waals surface area contributed by atoms with E-state index >= 15 is 0 Å². The largest absolute Gasteiger partial charge is 0.478 e. The van der Waals surface area contributed by atoms with Crippen molar-refractivity contribution in [3.05, 3.63) is 70.2 Å². The smallest absolute Gasteiger partial charge is 0.335 e. The number of nitrogens with one attached hydrogen (secondary N) is 1. The minimum absolute atomic E-state index is 0.156. The molecule has 2 aromatic heterocycles. The number of benzene rings is 1. The Labute approximate surface area is 156 Å². The van der Waals surface area contributed by atoms with E-state index in [-0.39, 0.29) is 11.5 Å². The fourth-order valence-corrected chi connectivity index (χ4v) is 3.03. The molecular formula is C20H21N3O4. The summed E-state index contributed by atoms with van der Waals surface area (Å²) in [5.74, 6) is 0.252. The lowest BCUT2D eigenvalue weighted by atomic mass is 10.1. The Bertz CT molecular complexity index is 983. The van der Waals surface area contributed by atoms with Gasteiger partial charge in [-0.1, -0.05) is 17.3 Å². The maximum Gasteiger partial charge on any atom is 0.335 e. The maximum absolute atomic E-state index is 12.6. The SMILES string of the molecule is Cc1cc(-n2c(C)cc(C(=O)NCCc3ccc(C(=O)O)cc3)c2C)no1.